The Morgan fingerprint density at radius 2 is 2.20 bits per heavy atom. The monoisotopic (exact) mass is 271 g/mol. The number of aromatic nitrogens is 1. The number of hydrogen-bond donors (Lipinski definition) is 2. The molecule has 0 spiro atoms. The number of pyridine rings is 1. The molecule has 1 amide bonds. The molecule has 2 aromatic rings. The summed E-state index contributed by atoms with van der Waals surface area (Å²) in [4.78, 5) is 15.7. The van der Waals surface area contributed by atoms with Crippen molar-refractivity contribution in [1.82, 2.24) is 4.98 Å². The Hall–Kier alpha value is -2.43. The van der Waals surface area contributed by atoms with Crippen LogP contribution in [0, 0.1) is 5.82 Å². The molecule has 3 rings (SSSR count). The third-order valence-corrected chi connectivity index (χ3v) is 3.26. The van der Waals surface area contributed by atoms with Crippen LogP contribution in [0.5, 0.6) is 0 Å². The molecule has 0 bridgehead atoms. The first-order valence-electron chi connectivity index (χ1n) is 6.52. The zero-order valence-corrected chi connectivity index (χ0v) is 10.8. The van der Waals surface area contributed by atoms with Crippen molar-refractivity contribution in [3.8, 4) is 0 Å². The van der Waals surface area contributed by atoms with Crippen LogP contribution >= 0.6 is 0 Å². The first-order chi connectivity index (χ1) is 9.72. The smallest absolute Gasteiger partial charge is 0.274 e. The molecule has 2 heterocycles. The van der Waals surface area contributed by atoms with E-state index in [1.54, 1.807) is 0 Å². The summed E-state index contributed by atoms with van der Waals surface area (Å²) >= 11 is 0. The Morgan fingerprint density at radius 1 is 1.30 bits per heavy atom. The number of hydrogen-bond acceptors (Lipinski definition) is 3. The number of anilines is 2. The van der Waals surface area contributed by atoms with Crippen LogP contribution in [0.1, 0.15) is 22.5 Å². The summed E-state index contributed by atoms with van der Waals surface area (Å²) < 4.78 is 12.8. The van der Waals surface area contributed by atoms with E-state index in [4.69, 9.17) is 0 Å². The second kappa shape index (κ2) is 5.28. The van der Waals surface area contributed by atoms with E-state index in [9.17, 15) is 9.18 Å². The highest BCUT2D eigenvalue weighted by Crippen LogP contribution is 2.25. The number of aryl methyl sites for hydroxylation is 1. The molecule has 1 aromatic carbocycles. The minimum atomic E-state index is -0.457. The number of amides is 1. The van der Waals surface area contributed by atoms with Crippen molar-refractivity contribution >= 4 is 17.3 Å². The van der Waals surface area contributed by atoms with Crippen molar-refractivity contribution in [3.63, 3.8) is 0 Å². The molecule has 102 valence electrons. The molecule has 5 heteroatoms. The van der Waals surface area contributed by atoms with E-state index in [-0.39, 0.29) is 11.6 Å². The highest BCUT2D eigenvalue weighted by molar-refractivity contribution is 6.02. The maximum atomic E-state index is 12.8. The van der Waals surface area contributed by atoms with E-state index in [2.05, 4.69) is 15.6 Å². The van der Waals surface area contributed by atoms with Gasteiger partial charge in [0.25, 0.3) is 5.91 Å². The van der Waals surface area contributed by atoms with Crippen LogP contribution in [0.25, 0.3) is 0 Å². The van der Waals surface area contributed by atoms with Crippen molar-refractivity contribution in [2.45, 2.75) is 12.8 Å². The standard InChI is InChI=1S/C15H14FN3O/c16-11-3-5-14(18-9-11)15(20)19-12-4-6-13-10(8-12)2-1-7-17-13/h3-6,8-9,17H,1-2,7H2,(H,19,20). The van der Waals surface area contributed by atoms with Crippen molar-refractivity contribution in [2.75, 3.05) is 17.2 Å². The van der Waals surface area contributed by atoms with Crippen molar-refractivity contribution in [3.05, 3.63) is 53.6 Å². The van der Waals surface area contributed by atoms with Gasteiger partial charge in [0, 0.05) is 17.9 Å². The molecular weight excluding hydrogens is 257 g/mol. The van der Waals surface area contributed by atoms with Gasteiger partial charge in [0.2, 0.25) is 0 Å². The third kappa shape index (κ3) is 2.61. The number of nitrogens with zero attached hydrogens (tertiary/aromatic N) is 1. The molecule has 0 saturated carbocycles. The van der Waals surface area contributed by atoms with E-state index < -0.39 is 5.82 Å². The quantitative estimate of drug-likeness (QED) is 0.883. The molecule has 0 saturated heterocycles. The van der Waals surface area contributed by atoms with Gasteiger partial charge in [0.1, 0.15) is 11.5 Å². The van der Waals surface area contributed by atoms with Crippen molar-refractivity contribution in [1.29, 1.82) is 0 Å². The van der Waals surface area contributed by atoms with Crippen LogP contribution in [-0.2, 0) is 6.42 Å². The predicted molar refractivity (Wildman–Crippen MR) is 75.4 cm³/mol. The molecule has 1 aromatic heterocycles. The molecule has 2 N–H and O–H groups in total. The largest absolute Gasteiger partial charge is 0.385 e. The van der Waals surface area contributed by atoms with Gasteiger partial charge in [-0.05, 0) is 48.7 Å². The van der Waals surface area contributed by atoms with Gasteiger partial charge in [-0.2, -0.15) is 0 Å². The Balaban J connectivity index is 1.77. The van der Waals surface area contributed by atoms with Crippen molar-refractivity contribution in [2.24, 2.45) is 0 Å². The molecule has 0 radical (unpaired) electrons. The van der Waals surface area contributed by atoms with Crippen LogP contribution in [0.15, 0.2) is 36.5 Å². The van der Waals surface area contributed by atoms with Crippen LogP contribution in [0.2, 0.25) is 0 Å². The van der Waals surface area contributed by atoms with Crippen molar-refractivity contribution < 1.29 is 9.18 Å². The average Bonchev–Trinajstić information content (AvgIpc) is 2.48. The molecule has 4 nitrogen and oxygen atoms in total. The number of rotatable bonds is 2. The minimum Gasteiger partial charge on any atom is -0.385 e. The van der Waals surface area contributed by atoms with Crippen LogP contribution < -0.4 is 10.6 Å². The van der Waals surface area contributed by atoms with Crippen LogP contribution in [0.4, 0.5) is 15.8 Å². The Labute approximate surface area is 116 Å². The summed E-state index contributed by atoms with van der Waals surface area (Å²) in [5.41, 5.74) is 3.24. The van der Waals surface area contributed by atoms with Gasteiger partial charge >= 0.3 is 0 Å². The number of carbonyl (C=O) groups excluding carboxylic acids is 1. The van der Waals surface area contributed by atoms with E-state index in [0.717, 1.165) is 37.0 Å². The van der Waals surface area contributed by atoms with Gasteiger partial charge in [-0.1, -0.05) is 0 Å². The molecule has 0 aliphatic carbocycles. The minimum absolute atomic E-state index is 0.197. The van der Waals surface area contributed by atoms with Gasteiger partial charge < -0.3 is 10.6 Å². The number of carbonyl (C=O) groups is 1. The molecule has 0 atom stereocenters. The van der Waals surface area contributed by atoms with Crippen LogP contribution in [0.3, 0.4) is 0 Å². The maximum absolute atomic E-state index is 12.8. The summed E-state index contributed by atoms with van der Waals surface area (Å²) in [5, 5.41) is 6.09. The molecule has 0 unspecified atom stereocenters. The van der Waals surface area contributed by atoms with Gasteiger partial charge in [-0.3, -0.25) is 4.79 Å². The lowest BCUT2D eigenvalue weighted by atomic mass is 10.0. The topological polar surface area (TPSA) is 54.0 Å². The number of nitrogens with one attached hydrogen (secondary N) is 2. The third-order valence-electron chi connectivity index (χ3n) is 3.26. The van der Waals surface area contributed by atoms with E-state index in [1.807, 2.05) is 18.2 Å². The van der Waals surface area contributed by atoms with Gasteiger partial charge in [0.05, 0.1) is 6.20 Å². The molecule has 20 heavy (non-hydrogen) atoms. The lowest BCUT2D eigenvalue weighted by molar-refractivity contribution is 0.102. The van der Waals surface area contributed by atoms with E-state index >= 15 is 0 Å². The average molecular weight is 271 g/mol. The predicted octanol–water partition coefficient (Wildman–Crippen LogP) is 2.83. The Morgan fingerprint density at radius 3 is 3.00 bits per heavy atom. The summed E-state index contributed by atoms with van der Waals surface area (Å²) in [6.07, 6.45) is 3.12. The fourth-order valence-electron chi connectivity index (χ4n) is 2.26. The second-order valence-electron chi connectivity index (χ2n) is 4.72. The second-order valence-corrected chi connectivity index (χ2v) is 4.72. The summed E-state index contributed by atoms with van der Waals surface area (Å²) in [6.45, 7) is 0.984. The first kappa shape index (κ1) is 12.6. The van der Waals surface area contributed by atoms with Crippen LogP contribution in [-0.4, -0.2) is 17.4 Å². The highest BCUT2D eigenvalue weighted by Gasteiger charge is 2.11. The maximum Gasteiger partial charge on any atom is 0.274 e. The molecule has 1 aliphatic rings. The fraction of sp³-hybridized carbons (Fsp3) is 0.200. The number of halogens is 1. The fourth-order valence-corrected chi connectivity index (χ4v) is 2.26. The summed E-state index contributed by atoms with van der Waals surface area (Å²) in [5.74, 6) is -0.796. The zero-order chi connectivity index (χ0) is 13.9. The number of fused-ring (bicyclic) bond motifs is 1. The summed E-state index contributed by atoms with van der Waals surface area (Å²) in [7, 11) is 0. The lowest BCUT2D eigenvalue weighted by Crippen LogP contribution is -2.15. The normalized spacial score (nSPS) is 13.2. The lowest BCUT2D eigenvalue weighted by Gasteiger charge is -2.18. The SMILES string of the molecule is O=C(Nc1ccc2c(c1)CCCN2)c1ccc(F)cn1. The first-order valence-corrected chi connectivity index (χ1v) is 6.52. The Bertz CT molecular complexity index is 640. The summed E-state index contributed by atoms with van der Waals surface area (Å²) in [6, 6.07) is 8.35. The van der Waals surface area contributed by atoms with E-state index in [1.165, 1.54) is 17.7 Å². The molecule has 1 aliphatic heterocycles. The zero-order valence-electron chi connectivity index (χ0n) is 10.8. The number of benzene rings is 1. The highest BCUT2D eigenvalue weighted by atomic mass is 19.1. The van der Waals surface area contributed by atoms with E-state index in [0.29, 0.717) is 0 Å². The van der Waals surface area contributed by atoms with Gasteiger partial charge in [-0.15, -0.1) is 0 Å². The Kier molecular flexibility index (Phi) is 3.33. The van der Waals surface area contributed by atoms with Gasteiger partial charge in [-0.25, -0.2) is 9.37 Å². The molecule has 0 fully saturated rings. The molecular formula is C15H14FN3O. The van der Waals surface area contributed by atoms with Gasteiger partial charge in [0.15, 0.2) is 0 Å².